The van der Waals surface area contributed by atoms with E-state index in [0.29, 0.717) is 48.8 Å². The van der Waals surface area contributed by atoms with Crippen LogP contribution in [0.4, 0.5) is 0 Å². The fraction of sp³-hybridized carbons (Fsp3) is 0.346. The van der Waals surface area contributed by atoms with Gasteiger partial charge in [0.05, 0.1) is 30.5 Å². The molecule has 0 saturated carbocycles. The zero-order valence-electron chi connectivity index (χ0n) is 19.0. The molecule has 0 spiro atoms. The van der Waals surface area contributed by atoms with Gasteiger partial charge < -0.3 is 19.0 Å². The van der Waals surface area contributed by atoms with E-state index in [0.717, 1.165) is 35.6 Å². The molecule has 7 heteroatoms. The molecule has 1 N–H and O–H groups in total. The maximum Gasteiger partial charge on any atom is 0.303 e. The highest BCUT2D eigenvalue weighted by atomic mass is 16.5. The Labute approximate surface area is 193 Å². The molecule has 0 aliphatic heterocycles. The van der Waals surface area contributed by atoms with Crippen molar-refractivity contribution in [2.45, 2.75) is 46.0 Å². The van der Waals surface area contributed by atoms with E-state index in [-0.39, 0.29) is 6.42 Å². The molecule has 172 valence electrons. The van der Waals surface area contributed by atoms with Crippen LogP contribution in [-0.2, 0) is 17.6 Å². The number of carbonyl (C=O) groups is 1. The van der Waals surface area contributed by atoms with Gasteiger partial charge in [-0.1, -0.05) is 19.4 Å². The Kier molecular flexibility index (Phi) is 8.48. The third kappa shape index (κ3) is 6.84. The number of carboxylic acids is 1. The summed E-state index contributed by atoms with van der Waals surface area (Å²) in [6, 6.07) is 14.9. The number of hydrogen-bond acceptors (Lipinski definition) is 6. The standard InChI is InChI=1S/C26H28N2O5/c1-3-4-14-31-22-9-6-20(7-10-22)26-28-24(18(2)33-26)13-15-32-23-11-5-19(8-12-25(29)30)21(16-23)17-27/h5-7,9-11,16H,3-4,8,12-15H2,1-2H3,(H,29,30). The predicted molar refractivity (Wildman–Crippen MR) is 123 cm³/mol. The molecule has 1 aromatic heterocycles. The lowest BCUT2D eigenvalue weighted by Gasteiger charge is -2.08. The SMILES string of the molecule is CCCCOc1ccc(-c2nc(CCOc3ccc(CCC(=O)O)c(C#N)c3)c(C)o2)cc1. The lowest BCUT2D eigenvalue weighted by molar-refractivity contribution is -0.136. The number of aromatic nitrogens is 1. The number of nitriles is 1. The van der Waals surface area contributed by atoms with Crippen LogP contribution in [0.2, 0.25) is 0 Å². The van der Waals surface area contributed by atoms with Crippen LogP contribution in [0.5, 0.6) is 11.5 Å². The number of nitrogens with zero attached hydrogens (tertiary/aromatic N) is 2. The molecule has 0 amide bonds. The van der Waals surface area contributed by atoms with E-state index in [1.807, 2.05) is 31.2 Å². The Balaban J connectivity index is 1.57. The highest BCUT2D eigenvalue weighted by Gasteiger charge is 2.12. The molecule has 3 rings (SSSR count). The van der Waals surface area contributed by atoms with Gasteiger partial charge >= 0.3 is 5.97 Å². The van der Waals surface area contributed by atoms with Crippen LogP contribution in [0.3, 0.4) is 0 Å². The minimum atomic E-state index is -0.891. The molecule has 0 atom stereocenters. The Hall–Kier alpha value is -3.79. The second-order valence-corrected chi connectivity index (χ2v) is 7.67. The average molecular weight is 449 g/mol. The number of ether oxygens (including phenoxy) is 2. The first-order valence-electron chi connectivity index (χ1n) is 11.1. The molecule has 0 bridgehead atoms. The zero-order valence-corrected chi connectivity index (χ0v) is 19.0. The third-order valence-electron chi connectivity index (χ3n) is 5.18. The van der Waals surface area contributed by atoms with Crippen molar-refractivity contribution in [1.29, 1.82) is 5.26 Å². The van der Waals surface area contributed by atoms with E-state index < -0.39 is 5.97 Å². The van der Waals surface area contributed by atoms with Gasteiger partial charge in [-0.15, -0.1) is 0 Å². The van der Waals surface area contributed by atoms with Crippen molar-refractivity contribution >= 4 is 5.97 Å². The minimum absolute atomic E-state index is 0.0166. The van der Waals surface area contributed by atoms with Crippen molar-refractivity contribution in [2.24, 2.45) is 0 Å². The number of benzene rings is 2. The Morgan fingerprint density at radius 3 is 2.52 bits per heavy atom. The second kappa shape index (κ2) is 11.7. The van der Waals surface area contributed by atoms with Crippen LogP contribution in [0.15, 0.2) is 46.9 Å². The van der Waals surface area contributed by atoms with E-state index in [1.165, 1.54) is 0 Å². The van der Waals surface area contributed by atoms with E-state index >= 15 is 0 Å². The summed E-state index contributed by atoms with van der Waals surface area (Å²) in [5, 5.41) is 18.2. The van der Waals surface area contributed by atoms with Crippen LogP contribution in [-0.4, -0.2) is 29.3 Å². The molecular weight excluding hydrogens is 420 g/mol. The van der Waals surface area contributed by atoms with Crippen molar-refractivity contribution in [2.75, 3.05) is 13.2 Å². The average Bonchev–Trinajstić information content (AvgIpc) is 3.19. The highest BCUT2D eigenvalue weighted by molar-refractivity contribution is 5.67. The van der Waals surface area contributed by atoms with E-state index in [4.69, 9.17) is 19.0 Å². The normalized spacial score (nSPS) is 10.6. The van der Waals surface area contributed by atoms with Crippen molar-refractivity contribution in [3.8, 4) is 29.0 Å². The summed E-state index contributed by atoms with van der Waals surface area (Å²) >= 11 is 0. The molecule has 1 heterocycles. The van der Waals surface area contributed by atoms with Gasteiger partial charge in [-0.3, -0.25) is 4.79 Å². The smallest absolute Gasteiger partial charge is 0.303 e. The van der Waals surface area contributed by atoms with Crippen LogP contribution >= 0.6 is 0 Å². The van der Waals surface area contributed by atoms with Crippen LogP contribution < -0.4 is 9.47 Å². The second-order valence-electron chi connectivity index (χ2n) is 7.67. The van der Waals surface area contributed by atoms with Crippen molar-refractivity contribution in [3.05, 3.63) is 65.0 Å². The summed E-state index contributed by atoms with van der Waals surface area (Å²) in [6.45, 7) is 5.08. The first-order valence-corrected chi connectivity index (χ1v) is 11.1. The van der Waals surface area contributed by atoms with Gasteiger partial charge in [-0.2, -0.15) is 5.26 Å². The summed E-state index contributed by atoms with van der Waals surface area (Å²) in [4.78, 5) is 15.4. The summed E-state index contributed by atoms with van der Waals surface area (Å²) in [7, 11) is 0. The minimum Gasteiger partial charge on any atom is -0.494 e. The molecule has 0 aliphatic carbocycles. The van der Waals surface area contributed by atoms with Crippen LogP contribution in [0.1, 0.15) is 48.8 Å². The topological polar surface area (TPSA) is 106 Å². The number of rotatable bonds is 12. The number of oxazole rings is 1. The van der Waals surface area contributed by atoms with Crippen LogP contribution in [0, 0.1) is 18.3 Å². The summed E-state index contributed by atoms with van der Waals surface area (Å²) in [6.07, 6.45) is 2.97. The Morgan fingerprint density at radius 1 is 1.09 bits per heavy atom. The molecular formula is C26H28N2O5. The van der Waals surface area contributed by atoms with Gasteiger partial charge in [0.2, 0.25) is 5.89 Å². The van der Waals surface area contributed by atoms with Gasteiger partial charge in [0.1, 0.15) is 17.3 Å². The van der Waals surface area contributed by atoms with Crippen molar-refractivity contribution < 1.29 is 23.8 Å². The molecule has 0 saturated heterocycles. The third-order valence-corrected chi connectivity index (χ3v) is 5.18. The zero-order chi connectivity index (χ0) is 23.6. The van der Waals surface area contributed by atoms with E-state index in [9.17, 15) is 10.1 Å². The first-order chi connectivity index (χ1) is 16.0. The molecule has 0 fully saturated rings. The fourth-order valence-corrected chi connectivity index (χ4v) is 3.29. The largest absolute Gasteiger partial charge is 0.494 e. The molecule has 0 radical (unpaired) electrons. The van der Waals surface area contributed by atoms with Crippen molar-refractivity contribution in [1.82, 2.24) is 4.98 Å². The fourth-order valence-electron chi connectivity index (χ4n) is 3.29. The van der Waals surface area contributed by atoms with Gasteiger partial charge in [0.25, 0.3) is 0 Å². The first kappa shape index (κ1) is 23.9. The number of aryl methyl sites for hydroxylation is 2. The Morgan fingerprint density at radius 2 is 1.82 bits per heavy atom. The van der Waals surface area contributed by atoms with Gasteiger partial charge in [-0.05, 0) is 61.7 Å². The molecule has 7 nitrogen and oxygen atoms in total. The lowest BCUT2D eigenvalue weighted by atomic mass is 10.0. The number of unbranched alkanes of at least 4 members (excludes halogenated alkanes) is 1. The number of aliphatic carboxylic acids is 1. The molecule has 33 heavy (non-hydrogen) atoms. The number of carboxylic acid groups (broad SMARTS) is 1. The van der Waals surface area contributed by atoms with Crippen molar-refractivity contribution in [3.63, 3.8) is 0 Å². The highest BCUT2D eigenvalue weighted by Crippen LogP contribution is 2.25. The molecule has 3 aromatic rings. The van der Waals surface area contributed by atoms with E-state index in [1.54, 1.807) is 18.2 Å². The number of hydrogen-bond donors (Lipinski definition) is 1. The maximum absolute atomic E-state index is 10.8. The lowest BCUT2D eigenvalue weighted by Crippen LogP contribution is -2.04. The van der Waals surface area contributed by atoms with Crippen LogP contribution in [0.25, 0.3) is 11.5 Å². The quantitative estimate of drug-likeness (QED) is 0.373. The van der Waals surface area contributed by atoms with Gasteiger partial charge in [-0.25, -0.2) is 4.98 Å². The summed E-state index contributed by atoms with van der Waals surface area (Å²) in [5.41, 5.74) is 2.82. The van der Waals surface area contributed by atoms with Gasteiger partial charge in [0, 0.05) is 18.4 Å². The monoisotopic (exact) mass is 448 g/mol. The Bertz CT molecular complexity index is 1110. The van der Waals surface area contributed by atoms with E-state index in [2.05, 4.69) is 18.0 Å². The molecule has 0 unspecified atom stereocenters. The van der Waals surface area contributed by atoms with Gasteiger partial charge in [0.15, 0.2) is 0 Å². The molecule has 2 aromatic carbocycles. The molecule has 0 aliphatic rings. The summed E-state index contributed by atoms with van der Waals surface area (Å²) in [5.74, 6) is 1.79. The predicted octanol–water partition coefficient (Wildman–Crippen LogP) is 5.34. The summed E-state index contributed by atoms with van der Waals surface area (Å²) < 4.78 is 17.3. The maximum atomic E-state index is 10.8.